The topological polar surface area (TPSA) is 62.4 Å². The van der Waals surface area contributed by atoms with Crippen molar-refractivity contribution in [3.05, 3.63) is 27.7 Å². The fourth-order valence-corrected chi connectivity index (χ4v) is 2.44. The van der Waals surface area contributed by atoms with Crippen molar-refractivity contribution in [1.82, 2.24) is 16.2 Å². The molecule has 0 unspecified atom stereocenters. The summed E-state index contributed by atoms with van der Waals surface area (Å²) in [5.74, 6) is -0.0905. The minimum absolute atomic E-state index is 0.207. The Hall–Kier alpha value is -1.24. The van der Waals surface area contributed by atoms with E-state index in [1.165, 1.54) is 19.2 Å². The van der Waals surface area contributed by atoms with Crippen molar-refractivity contribution in [3.63, 3.8) is 0 Å². The number of thiocarbonyl (C=S) groups is 1. The molecule has 116 valence electrons. The number of rotatable bonds is 2. The fraction of sp³-hybridized carbons (Fsp3) is 0.385. The summed E-state index contributed by atoms with van der Waals surface area (Å²) in [6.07, 6.45) is 0. The minimum Gasteiger partial charge on any atom is -0.494 e. The van der Waals surface area contributed by atoms with Crippen molar-refractivity contribution in [1.29, 1.82) is 0 Å². The summed E-state index contributed by atoms with van der Waals surface area (Å²) in [6, 6.07) is 2.92. The molecule has 0 saturated heterocycles. The summed E-state index contributed by atoms with van der Waals surface area (Å²) in [6.45, 7) is 5.85. The van der Waals surface area contributed by atoms with Crippen LogP contribution in [0.2, 0.25) is 10.0 Å². The first kappa shape index (κ1) is 17.8. The van der Waals surface area contributed by atoms with Crippen LogP contribution < -0.4 is 20.9 Å². The Balaban J connectivity index is 2.71. The van der Waals surface area contributed by atoms with E-state index in [2.05, 4.69) is 16.2 Å². The van der Waals surface area contributed by atoms with Gasteiger partial charge in [0, 0.05) is 11.1 Å². The molecule has 0 bridgehead atoms. The monoisotopic (exact) mass is 349 g/mol. The number of carbonyl (C=O) groups is 1. The largest absolute Gasteiger partial charge is 0.494 e. The maximum absolute atomic E-state index is 12.0. The highest BCUT2D eigenvalue weighted by Gasteiger charge is 2.15. The average molecular weight is 350 g/mol. The van der Waals surface area contributed by atoms with Gasteiger partial charge >= 0.3 is 0 Å². The lowest BCUT2D eigenvalue weighted by Crippen LogP contribution is -2.52. The van der Waals surface area contributed by atoms with Crippen LogP contribution >= 0.6 is 35.4 Å². The Bertz CT molecular complexity index is 536. The third-order valence-electron chi connectivity index (χ3n) is 2.24. The maximum atomic E-state index is 12.0. The molecule has 5 nitrogen and oxygen atoms in total. The number of ether oxygens (including phenoxy) is 1. The van der Waals surface area contributed by atoms with E-state index in [1.807, 2.05) is 20.8 Å². The Morgan fingerprint density at radius 1 is 1.19 bits per heavy atom. The number of halogens is 2. The average Bonchev–Trinajstić information content (AvgIpc) is 2.33. The van der Waals surface area contributed by atoms with E-state index in [0.29, 0.717) is 10.9 Å². The normalized spacial score (nSPS) is 10.8. The molecular formula is C13H17Cl2N3O2S. The highest BCUT2D eigenvalue weighted by atomic mass is 35.5. The Kier molecular flexibility index (Phi) is 6.07. The van der Waals surface area contributed by atoms with Crippen LogP contribution in [-0.4, -0.2) is 23.7 Å². The molecule has 0 aromatic heterocycles. The number of methoxy groups -OCH3 is 1. The second-order valence-corrected chi connectivity index (χ2v) is 6.48. The molecule has 0 heterocycles. The molecule has 21 heavy (non-hydrogen) atoms. The van der Waals surface area contributed by atoms with Crippen LogP contribution in [0.4, 0.5) is 0 Å². The van der Waals surface area contributed by atoms with Gasteiger partial charge in [0.05, 0.1) is 17.2 Å². The maximum Gasteiger partial charge on any atom is 0.269 e. The summed E-state index contributed by atoms with van der Waals surface area (Å²) in [4.78, 5) is 12.0. The van der Waals surface area contributed by atoms with Crippen LogP contribution in [0.5, 0.6) is 5.75 Å². The molecule has 3 N–H and O–H groups in total. The smallest absolute Gasteiger partial charge is 0.269 e. The Morgan fingerprint density at radius 3 is 2.14 bits per heavy atom. The standard InChI is InChI=1S/C13H17Cl2N3O2S/c1-13(2,3)16-12(21)18-17-11(19)7-5-8(14)10(20-4)9(15)6-7/h5-6H,1-4H3,(H,17,19)(H2,16,18,21). The second-order valence-electron chi connectivity index (χ2n) is 5.26. The van der Waals surface area contributed by atoms with Gasteiger partial charge in [0.2, 0.25) is 0 Å². The van der Waals surface area contributed by atoms with Gasteiger partial charge in [-0.1, -0.05) is 23.2 Å². The van der Waals surface area contributed by atoms with Crippen LogP contribution in [0.25, 0.3) is 0 Å². The van der Waals surface area contributed by atoms with E-state index < -0.39 is 5.91 Å². The first-order valence-corrected chi connectivity index (χ1v) is 7.22. The van der Waals surface area contributed by atoms with E-state index in [-0.39, 0.29) is 21.1 Å². The van der Waals surface area contributed by atoms with Crippen molar-refractivity contribution in [2.75, 3.05) is 7.11 Å². The van der Waals surface area contributed by atoms with Gasteiger partial charge in [0.1, 0.15) is 0 Å². The molecule has 1 aromatic rings. The summed E-state index contributed by atoms with van der Waals surface area (Å²) in [5, 5.41) is 3.82. The molecule has 0 atom stereocenters. The van der Waals surface area contributed by atoms with Crippen molar-refractivity contribution in [2.24, 2.45) is 0 Å². The first-order chi connectivity index (χ1) is 9.64. The Morgan fingerprint density at radius 2 is 1.71 bits per heavy atom. The number of hydrazine groups is 1. The summed E-state index contributed by atoms with van der Waals surface area (Å²) < 4.78 is 5.02. The third-order valence-corrected chi connectivity index (χ3v) is 3.01. The van der Waals surface area contributed by atoms with Crippen LogP contribution in [0.3, 0.4) is 0 Å². The zero-order chi connectivity index (χ0) is 16.2. The van der Waals surface area contributed by atoms with Crippen molar-refractivity contribution < 1.29 is 9.53 Å². The van der Waals surface area contributed by atoms with Crippen LogP contribution in [-0.2, 0) is 0 Å². The lowest BCUT2D eigenvalue weighted by Gasteiger charge is -2.23. The highest BCUT2D eigenvalue weighted by molar-refractivity contribution is 7.80. The highest BCUT2D eigenvalue weighted by Crippen LogP contribution is 2.33. The molecule has 0 spiro atoms. The molecule has 0 aliphatic rings. The fourth-order valence-electron chi connectivity index (χ4n) is 1.44. The number of amides is 1. The molecule has 8 heteroatoms. The lowest BCUT2D eigenvalue weighted by atomic mass is 10.1. The quantitative estimate of drug-likeness (QED) is 0.566. The molecule has 0 saturated carbocycles. The van der Waals surface area contributed by atoms with Gasteiger partial charge in [-0.2, -0.15) is 0 Å². The number of nitrogens with one attached hydrogen (secondary N) is 3. The van der Waals surface area contributed by atoms with Gasteiger partial charge in [-0.05, 0) is 45.1 Å². The second kappa shape index (κ2) is 7.15. The summed E-state index contributed by atoms with van der Waals surface area (Å²) in [7, 11) is 1.45. The molecule has 1 aromatic carbocycles. The van der Waals surface area contributed by atoms with Crippen molar-refractivity contribution in [3.8, 4) is 5.75 Å². The van der Waals surface area contributed by atoms with Crippen LogP contribution in [0, 0.1) is 0 Å². The van der Waals surface area contributed by atoms with E-state index in [0.717, 1.165) is 0 Å². The molecule has 0 fully saturated rings. The predicted octanol–water partition coefficient (Wildman–Crippen LogP) is 2.91. The van der Waals surface area contributed by atoms with Gasteiger partial charge in [0.25, 0.3) is 5.91 Å². The van der Waals surface area contributed by atoms with Crippen molar-refractivity contribution >= 4 is 46.4 Å². The summed E-state index contributed by atoms with van der Waals surface area (Å²) in [5.41, 5.74) is 5.15. The van der Waals surface area contributed by atoms with Gasteiger partial charge < -0.3 is 10.1 Å². The first-order valence-electron chi connectivity index (χ1n) is 6.05. The SMILES string of the molecule is COc1c(Cl)cc(C(=O)NNC(=S)NC(C)(C)C)cc1Cl. The van der Waals surface area contributed by atoms with Crippen molar-refractivity contribution in [2.45, 2.75) is 26.3 Å². The molecule has 0 aliphatic carbocycles. The van der Waals surface area contributed by atoms with E-state index in [1.54, 1.807) is 0 Å². The molecule has 1 amide bonds. The molecule has 1 rings (SSSR count). The zero-order valence-corrected chi connectivity index (χ0v) is 14.5. The zero-order valence-electron chi connectivity index (χ0n) is 12.1. The van der Waals surface area contributed by atoms with E-state index in [4.69, 9.17) is 40.2 Å². The van der Waals surface area contributed by atoms with E-state index >= 15 is 0 Å². The van der Waals surface area contributed by atoms with Gasteiger partial charge in [-0.3, -0.25) is 15.6 Å². The van der Waals surface area contributed by atoms with Gasteiger partial charge in [0.15, 0.2) is 10.9 Å². The van der Waals surface area contributed by atoms with Crippen LogP contribution in [0.1, 0.15) is 31.1 Å². The van der Waals surface area contributed by atoms with E-state index in [9.17, 15) is 4.79 Å². The molecule has 0 aliphatic heterocycles. The minimum atomic E-state index is -0.417. The number of hydrogen-bond donors (Lipinski definition) is 3. The number of carbonyl (C=O) groups excluding carboxylic acids is 1. The summed E-state index contributed by atoms with van der Waals surface area (Å²) >= 11 is 17.0. The lowest BCUT2D eigenvalue weighted by molar-refractivity contribution is 0.0943. The predicted molar refractivity (Wildman–Crippen MR) is 89.1 cm³/mol. The number of hydrogen-bond acceptors (Lipinski definition) is 3. The number of benzene rings is 1. The molecule has 0 radical (unpaired) electrons. The third kappa shape index (κ3) is 5.57. The Labute approximate surface area is 139 Å². The molecular weight excluding hydrogens is 333 g/mol. The van der Waals surface area contributed by atoms with Crippen LogP contribution in [0.15, 0.2) is 12.1 Å². The van der Waals surface area contributed by atoms with Gasteiger partial charge in [-0.25, -0.2) is 0 Å². The van der Waals surface area contributed by atoms with Gasteiger partial charge in [-0.15, -0.1) is 0 Å².